The molecule has 1 atom stereocenters. The number of rotatable bonds is 5. The molecule has 0 saturated carbocycles. The monoisotopic (exact) mass is 246 g/mol. The molecule has 3 heteroatoms. The third-order valence-electron chi connectivity index (χ3n) is 3.31. The third-order valence-corrected chi connectivity index (χ3v) is 3.31. The fourth-order valence-electron chi connectivity index (χ4n) is 2.25. The Bertz CT molecular complexity index is 358. The number of piperidine rings is 1. The van der Waals surface area contributed by atoms with E-state index >= 15 is 0 Å². The van der Waals surface area contributed by atoms with Crippen molar-refractivity contribution in [2.75, 3.05) is 19.7 Å². The summed E-state index contributed by atoms with van der Waals surface area (Å²) in [5, 5.41) is 16.2. The number of aliphatic hydroxyl groups is 1. The Labute approximate surface area is 109 Å². The average molecular weight is 246 g/mol. The van der Waals surface area contributed by atoms with Gasteiger partial charge in [-0.05, 0) is 31.5 Å². The average Bonchev–Trinajstić information content (AvgIpc) is 2.45. The van der Waals surface area contributed by atoms with Crippen LogP contribution in [0.5, 0.6) is 0 Å². The lowest BCUT2D eigenvalue weighted by Crippen LogP contribution is -2.45. The van der Waals surface area contributed by atoms with Crippen LogP contribution in [-0.4, -0.2) is 36.9 Å². The van der Waals surface area contributed by atoms with E-state index in [2.05, 4.69) is 34.9 Å². The molecule has 0 aromatic heterocycles. The van der Waals surface area contributed by atoms with Crippen molar-refractivity contribution in [3.05, 3.63) is 42.0 Å². The molecule has 3 nitrogen and oxygen atoms in total. The summed E-state index contributed by atoms with van der Waals surface area (Å²) in [5.41, 5.74) is 1.17. The number of benzene rings is 1. The van der Waals surface area contributed by atoms with Gasteiger partial charge >= 0.3 is 0 Å². The van der Waals surface area contributed by atoms with E-state index in [4.69, 9.17) is 0 Å². The lowest BCUT2D eigenvalue weighted by Gasteiger charge is -2.26. The molecular weight excluding hydrogens is 224 g/mol. The third kappa shape index (κ3) is 4.26. The van der Waals surface area contributed by atoms with Gasteiger partial charge in [-0.3, -0.25) is 0 Å². The quantitative estimate of drug-likeness (QED) is 0.736. The van der Waals surface area contributed by atoms with E-state index in [9.17, 15) is 5.11 Å². The molecule has 1 unspecified atom stereocenters. The first-order valence-electron chi connectivity index (χ1n) is 6.69. The topological polar surface area (TPSA) is 44.3 Å². The van der Waals surface area contributed by atoms with Crippen LogP contribution in [0.3, 0.4) is 0 Å². The fraction of sp³-hybridized carbons (Fsp3) is 0.467. The van der Waals surface area contributed by atoms with Crippen molar-refractivity contribution in [3.8, 4) is 0 Å². The number of hydrogen-bond donors (Lipinski definition) is 3. The van der Waals surface area contributed by atoms with E-state index in [1.165, 1.54) is 5.56 Å². The second-order valence-electron chi connectivity index (χ2n) is 4.75. The second kappa shape index (κ2) is 7.31. The zero-order chi connectivity index (χ0) is 12.6. The fourth-order valence-corrected chi connectivity index (χ4v) is 2.25. The zero-order valence-corrected chi connectivity index (χ0v) is 10.7. The van der Waals surface area contributed by atoms with Crippen LogP contribution >= 0.6 is 0 Å². The Balaban J connectivity index is 1.86. The molecule has 98 valence electrons. The normalized spacial score (nSPS) is 19.2. The number of aliphatic hydroxyl groups excluding tert-OH is 1. The second-order valence-corrected chi connectivity index (χ2v) is 4.75. The predicted octanol–water partition coefficient (Wildman–Crippen LogP) is 1.40. The maximum Gasteiger partial charge on any atom is 0.0620 e. The summed E-state index contributed by atoms with van der Waals surface area (Å²) in [5.74, 6) is 0. The highest BCUT2D eigenvalue weighted by Crippen LogP contribution is 2.06. The summed E-state index contributed by atoms with van der Waals surface area (Å²) in [7, 11) is 0. The molecule has 3 N–H and O–H groups in total. The van der Waals surface area contributed by atoms with Gasteiger partial charge in [0.25, 0.3) is 0 Å². The summed E-state index contributed by atoms with van der Waals surface area (Å²) < 4.78 is 0. The van der Waals surface area contributed by atoms with Gasteiger partial charge in [0.1, 0.15) is 0 Å². The molecule has 0 aliphatic carbocycles. The largest absolute Gasteiger partial charge is 0.394 e. The number of hydrogen-bond acceptors (Lipinski definition) is 3. The summed E-state index contributed by atoms with van der Waals surface area (Å²) in [6, 6.07) is 10.7. The first-order chi connectivity index (χ1) is 8.88. The molecule has 1 aromatic rings. The van der Waals surface area contributed by atoms with E-state index in [1.807, 2.05) is 18.2 Å². The van der Waals surface area contributed by atoms with Crippen LogP contribution in [-0.2, 0) is 0 Å². The van der Waals surface area contributed by atoms with Gasteiger partial charge in [-0.25, -0.2) is 0 Å². The van der Waals surface area contributed by atoms with Gasteiger partial charge in [-0.1, -0.05) is 42.5 Å². The maximum atomic E-state index is 9.41. The molecule has 1 aliphatic heterocycles. The Morgan fingerprint density at radius 2 is 2.00 bits per heavy atom. The van der Waals surface area contributed by atoms with Crippen molar-refractivity contribution in [1.82, 2.24) is 10.6 Å². The highest BCUT2D eigenvalue weighted by atomic mass is 16.3. The first-order valence-corrected chi connectivity index (χ1v) is 6.69. The highest BCUT2D eigenvalue weighted by molar-refractivity contribution is 5.49. The van der Waals surface area contributed by atoms with E-state index < -0.39 is 0 Å². The predicted molar refractivity (Wildman–Crippen MR) is 75.4 cm³/mol. The molecule has 1 heterocycles. The van der Waals surface area contributed by atoms with Gasteiger partial charge < -0.3 is 15.7 Å². The van der Waals surface area contributed by atoms with E-state index in [0.29, 0.717) is 6.04 Å². The molecule has 0 radical (unpaired) electrons. The number of nitrogens with one attached hydrogen (secondary N) is 2. The Morgan fingerprint density at radius 3 is 2.67 bits per heavy atom. The van der Waals surface area contributed by atoms with E-state index in [-0.39, 0.29) is 12.6 Å². The van der Waals surface area contributed by atoms with Gasteiger partial charge in [0, 0.05) is 12.1 Å². The minimum Gasteiger partial charge on any atom is -0.394 e. The molecule has 1 aliphatic rings. The molecule has 1 aromatic carbocycles. The molecule has 0 spiro atoms. The van der Waals surface area contributed by atoms with E-state index in [0.717, 1.165) is 25.9 Å². The Kier molecular flexibility index (Phi) is 5.39. The molecule has 0 bridgehead atoms. The van der Waals surface area contributed by atoms with Gasteiger partial charge in [0.15, 0.2) is 0 Å². The van der Waals surface area contributed by atoms with Crippen LogP contribution < -0.4 is 10.6 Å². The van der Waals surface area contributed by atoms with Crippen LogP contribution in [0.2, 0.25) is 0 Å². The summed E-state index contributed by atoms with van der Waals surface area (Å²) in [4.78, 5) is 0. The van der Waals surface area contributed by atoms with Crippen molar-refractivity contribution < 1.29 is 5.11 Å². The van der Waals surface area contributed by atoms with Crippen molar-refractivity contribution >= 4 is 6.08 Å². The lowest BCUT2D eigenvalue weighted by molar-refractivity contribution is 0.244. The SMILES string of the molecule is OCC(/C=C/c1ccccc1)NC1CCNCC1. The maximum absolute atomic E-state index is 9.41. The Hall–Kier alpha value is -1.16. The lowest BCUT2D eigenvalue weighted by atomic mass is 10.1. The summed E-state index contributed by atoms with van der Waals surface area (Å²) in [6.07, 6.45) is 6.39. The van der Waals surface area contributed by atoms with Crippen LogP contribution in [0.4, 0.5) is 0 Å². The minimum absolute atomic E-state index is 0.0494. The zero-order valence-electron chi connectivity index (χ0n) is 10.7. The highest BCUT2D eigenvalue weighted by Gasteiger charge is 2.15. The van der Waals surface area contributed by atoms with Gasteiger partial charge in [0.2, 0.25) is 0 Å². The molecule has 1 saturated heterocycles. The molecule has 18 heavy (non-hydrogen) atoms. The van der Waals surface area contributed by atoms with Crippen molar-refractivity contribution in [1.29, 1.82) is 0 Å². The van der Waals surface area contributed by atoms with Crippen LogP contribution in [0.25, 0.3) is 6.08 Å². The molecule has 1 fully saturated rings. The van der Waals surface area contributed by atoms with Crippen LogP contribution in [0, 0.1) is 0 Å². The Morgan fingerprint density at radius 1 is 1.28 bits per heavy atom. The first kappa shape index (κ1) is 13.3. The van der Waals surface area contributed by atoms with Gasteiger partial charge in [-0.15, -0.1) is 0 Å². The van der Waals surface area contributed by atoms with Gasteiger partial charge in [0.05, 0.1) is 6.61 Å². The van der Waals surface area contributed by atoms with Crippen LogP contribution in [0.1, 0.15) is 18.4 Å². The summed E-state index contributed by atoms with van der Waals surface area (Å²) in [6.45, 7) is 2.28. The van der Waals surface area contributed by atoms with Gasteiger partial charge in [-0.2, -0.15) is 0 Å². The van der Waals surface area contributed by atoms with Crippen molar-refractivity contribution in [3.63, 3.8) is 0 Å². The van der Waals surface area contributed by atoms with Crippen LogP contribution in [0.15, 0.2) is 36.4 Å². The summed E-state index contributed by atoms with van der Waals surface area (Å²) >= 11 is 0. The smallest absolute Gasteiger partial charge is 0.0620 e. The van der Waals surface area contributed by atoms with Crippen molar-refractivity contribution in [2.24, 2.45) is 0 Å². The molecular formula is C15H22N2O. The minimum atomic E-state index is 0.0494. The van der Waals surface area contributed by atoms with Crippen molar-refractivity contribution in [2.45, 2.75) is 24.9 Å². The molecule has 0 amide bonds. The van der Waals surface area contributed by atoms with E-state index in [1.54, 1.807) is 0 Å². The molecule has 2 rings (SSSR count). The standard InChI is InChI=1S/C15H22N2O/c18-12-15(17-14-8-10-16-11-9-14)7-6-13-4-2-1-3-5-13/h1-7,14-18H,8-12H2/b7-6+.